The van der Waals surface area contributed by atoms with Gasteiger partial charge in [0.15, 0.2) is 5.01 Å². The van der Waals surface area contributed by atoms with E-state index in [2.05, 4.69) is 25.8 Å². The second kappa shape index (κ2) is 8.86. The highest BCUT2D eigenvalue weighted by Gasteiger charge is 2.12. The van der Waals surface area contributed by atoms with Crippen LogP contribution in [-0.4, -0.2) is 40.1 Å². The molecule has 1 aromatic carbocycles. The molecule has 2 heterocycles. The molecule has 0 saturated heterocycles. The summed E-state index contributed by atoms with van der Waals surface area (Å²) in [5, 5.41) is 14.0. The maximum atomic E-state index is 12.1. The molecule has 0 aliphatic rings. The van der Waals surface area contributed by atoms with Crippen molar-refractivity contribution in [2.75, 3.05) is 18.5 Å². The number of amides is 2. The number of ether oxygens (including phenoxy) is 1. The molecular formula is C18H17N5O3S. The van der Waals surface area contributed by atoms with Gasteiger partial charge in [-0.1, -0.05) is 17.4 Å². The molecule has 0 spiro atoms. The zero-order valence-electron chi connectivity index (χ0n) is 14.5. The Morgan fingerprint density at radius 2 is 1.93 bits per heavy atom. The Hall–Kier alpha value is -3.33. The lowest BCUT2D eigenvalue weighted by Gasteiger charge is -2.06. The first-order valence-corrected chi connectivity index (χ1v) is 9.03. The Kier molecular flexibility index (Phi) is 6.06. The molecular weight excluding hydrogens is 366 g/mol. The largest absolute Gasteiger partial charge is 0.494 e. The van der Waals surface area contributed by atoms with Gasteiger partial charge in [-0.15, -0.1) is 10.2 Å². The Morgan fingerprint density at radius 3 is 2.63 bits per heavy atom. The van der Waals surface area contributed by atoms with Crippen LogP contribution in [0, 0.1) is 0 Å². The van der Waals surface area contributed by atoms with Gasteiger partial charge in [0.25, 0.3) is 5.91 Å². The number of carbonyl (C=O) groups excluding carboxylic acids is 2. The molecule has 2 aromatic heterocycles. The standard InChI is InChI=1S/C18H17N5O3S/c1-2-26-13-8-6-12(7-9-13)16(25)20-11-15(24)21-18-23-22-17(27-18)14-5-3-4-10-19-14/h3-10H,2,11H2,1H3,(H,20,25)(H,21,23,24). The van der Waals surface area contributed by atoms with Crippen molar-refractivity contribution in [1.82, 2.24) is 20.5 Å². The summed E-state index contributed by atoms with van der Waals surface area (Å²) in [7, 11) is 0. The van der Waals surface area contributed by atoms with E-state index >= 15 is 0 Å². The number of anilines is 1. The normalized spacial score (nSPS) is 10.3. The van der Waals surface area contributed by atoms with Gasteiger partial charge < -0.3 is 10.1 Å². The number of benzene rings is 1. The van der Waals surface area contributed by atoms with Crippen LogP contribution in [0.25, 0.3) is 10.7 Å². The quantitative estimate of drug-likeness (QED) is 0.649. The molecule has 9 heteroatoms. The summed E-state index contributed by atoms with van der Waals surface area (Å²) >= 11 is 1.21. The number of rotatable bonds is 7. The van der Waals surface area contributed by atoms with E-state index in [1.54, 1.807) is 36.5 Å². The van der Waals surface area contributed by atoms with Crippen molar-refractivity contribution in [3.63, 3.8) is 0 Å². The predicted molar refractivity (Wildman–Crippen MR) is 102 cm³/mol. The molecule has 8 nitrogen and oxygen atoms in total. The number of pyridine rings is 1. The third kappa shape index (κ3) is 5.08. The van der Waals surface area contributed by atoms with Crippen LogP contribution < -0.4 is 15.4 Å². The summed E-state index contributed by atoms with van der Waals surface area (Å²) < 4.78 is 5.33. The Labute approximate surface area is 159 Å². The molecule has 0 unspecified atom stereocenters. The minimum absolute atomic E-state index is 0.176. The maximum absolute atomic E-state index is 12.1. The van der Waals surface area contributed by atoms with Gasteiger partial charge in [-0.2, -0.15) is 0 Å². The van der Waals surface area contributed by atoms with Gasteiger partial charge in [0, 0.05) is 11.8 Å². The first-order valence-electron chi connectivity index (χ1n) is 8.21. The molecule has 27 heavy (non-hydrogen) atoms. The number of hydrogen-bond donors (Lipinski definition) is 2. The SMILES string of the molecule is CCOc1ccc(C(=O)NCC(=O)Nc2nnc(-c3ccccn3)s2)cc1. The zero-order valence-corrected chi connectivity index (χ0v) is 15.3. The number of nitrogens with one attached hydrogen (secondary N) is 2. The Morgan fingerprint density at radius 1 is 1.11 bits per heavy atom. The van der Waals surface area contributed by atoms with E-state index in [1.165, 1.54) is 11.3 Å². The van der Waals surface area contributed by atoms with Gasteiger partial charge in [-0.3, -0.25) is 19.9 Å². The van der Waals surface area contributed by atoms with E-state index in [9.17, 15) is 9.59 Å². The highest BCUT2D eigenvalue weighted by molar-refractivity contribution is 7.18. The summed E-state index contributed by atoms with van der Waals surface area (Å²) in [5.74, 6) is -0.0515. The lowest BCUT2D eigenvalue weighted by molar-refractivity contribution is -0.115. The summed E-state index contributed by atoms with van der Waals surface area (Å²) in [6, 6.07) is 12.2. The third-order valence-electron chi connectivity index (χ3n) is 3.39. The van der Waals surface area contributed by atoms with Crippen molar-refractivity contribution in [3.05, 3.63) is 54.2 Å². The first kappa shape index (κ1) is 18.5. The molecule has 0 fully saturated rings. The fraction of sp³-hybridized carbons (Fsp3) is 0.167. The van der Waals surface area contributed by atoms with Gasteiger partial charge in [-0.05, 0) is 43.3 Å². The van der Waals surface area contributed by atoms with Gasteiger partial charge in [-0.25, -0.2) is 0 Å². The first-order chi connectivity index (χ1) is 13.2. The topological polar surface area (TPSA) is 106 Å². The van der Waals surface area contributed by atoms with Crippen LogP contribution in [0.3, 0.4) is 0 Å². The molecule has 0 aliphatic carbocycles. The van der Waals surface area contributed by atoms with Crippen molar-refractivity contribution in [2.24, 2.45) is 0 Å². The summed E-state index contributed by atoms with van der Waals surface area (Å²) in [6.07, 6.45) is 1.66. The van der Waals surface area contributed by atoms with Crippen molar-refractivity contribution < 1.29 is 14.3 Å². The molecule has 3 rings (SSSR count). The van der Waals surface area contributed by atoms with Gasteiger partial charge in [0.1, 0.15) is 11.4 Å². The van der Waals surface area contributed by atoms with Crippen LogP contribution in [-0.2, 0) is 4.79 Å². The molecule has 0 aliphatic heterocycles. The molecule has 0 saturated carbocycles. The maximum Gasteiger partial charge on any atom is 0.251 e. The van der Waals surface area contributed by atoms with E-state index in [0.717, 1.165) is 0 Å². The molecule has 2 N–H and O–H groups in total. The number of aromatic nitrogens is 3. The van der Waals surface area contributed by atoms with Crippen molar-refractivity contribution in [1.29, 1.82) is 0 Å². The lowest BCUT2D eigenvalue weighted by Crippen LogP contribution is -2.32. The fourth-order valence-corrected chi connectivity index (χ4v) is 2.90. The van der Waals surface area contributed by atoms with Crippen LogP contribution in [0.2, 0.25) is 0 Å². The average molecular weight is 383 g/mol. The second-order valence-electron chi connectivity index (χ2n) is 5.32. The van der Waals surface area contributed by atoms with Gasteiger partial charge >= 0.3 is 0 Å². The van der Waals surface area contributed by atoms with Crippen molar-refractivity contribution in [2.45, 2.75) is 6.92 Å². The van der Waals surface area contributed by atoms with E-state index in [1.807, 2.05) is 19.1 Å². The smallest absolute Gasteiger partial charge is 0.251 e. The molecule has 2 amide bonds. The molecule has 0 radical (unpaired) electrons. The van der Waals surface area contributed by atoms with Crippen LogP contribution in [0.15, 0.2) is 48.7 Å². The highest BCUT2D eigenvalue weighted by atomic mass is 32.1. The van der Waals surface area contributed by atoms with E-state index in [-0.39, 0.29) is 12.5 Å². The molecule has 0 atom stereocenters. The monoisotopic (exact) mass is 383 g/mol. The summed E-state index contributed by atoms with van der Waals surface area (Å²) in [5.41, 5.74) is 1.12. The van der Waals surface area contributed by atoms with Crippen LogP contribution in [0.5, 0.6) is 5.75 Å². The van der Waals surface area contributed by atoms with E-state index in [4.69, 9.17) is 4.74 Å². The Bertz CT molecular complexity index is 912. The Balaban J connectivity index is 1.51. The number of hydrogen-bond acceptors (Lipinski definition) is 7. The van der Waals surface area contributed by atoms with Gasteiger partial charge in [0.2, 0.25) is 11.0 Å². The van der Waals surface area contributed by atoms with Crippen LogP contribution in [0.1, 0.15) is 17.3 Å². The molecule has 138 valence electrons. The minimum atomic E-state index is -0.391. The summed E-state index contributed by atoms with van der Waals surface area (Å²) in [6.45, 7) is 2.26. The highest BCUT2D eigenvalue weighted by Crippen LogP contribution is 2.24. The van der Waals surface area contributed by atoms with E-state index < -0.39 is 5.91 Å². The number of carbonyl (C=O) groups is 2. The van der Waals surface area contributed by atoms with Crippen molar-refractivity contribution in [3.8, 4) is 16.5 Å². The molecule has 0 bridgehead atoms. The van der Waals surface area contributed by atoms with Crippen LogP contribution >= 0.6 is 11.3 Å². The van der Waals surface area contributed by atoms with E-state index in [0.29, 0.717) is 33.8 Å². The number of nitrogens with zero attached hydrogens (tertiary/aromatic N) is 3. The average Bonchev–Trinajstić information content (AvgIpc) is 3.16. The predicted octanol–water partition coefficient (Wildman–Crippen LogP) is 2.37. The second-order valence-corrected chi connectivity index (χ2v) is 6.29. The molecule has 3 aromatic rings. The zero-order chi connectivity index (χ0) is 19.1. The van der Waals surface area contributed by atoms with Crippen LogP contribution in [0.4, 0.5) is 5.13 Å². The third-order valence-corrected chi connectivity index (χ3v) is 4.25. The summed E-state index contributed by atoms with van der Waals surface area (Å²) in [4.78, 5) is 28.3. The fourth-order valence-electron chi connectivity index (χ4n) is 2.16. The lowest BCUT2D eigenvalue weighted by atomic mass is 10.2. The van der Waals surface area contributed by atoms with Crippen molar-refractivity contribution >= 4 is 28.3 Å². The minimum Gasteiger partial charge on any atom is -0.494 e. The van der Waals surface area contributed by atoms with Gasteiger partial charge in [0.05, 0.1) is 13.2 Å².